The van der Waals surface area contributed by atoms with Crippen molar-refractivity contribution in [2.75, 3.05) is 14.2 Å². The summed E-state index contributed by atoms with van der Waals surface area (Å²) in [5, 5.41) is 11.1. The van der Waals surface area contributed by atoms with Crippen LogP contribution < -0.4 is 14.8 Å². The molecule has 0 spiro atoms. The van der Waals surface area contributed by atoms with Crippen molar-refractivity contribution in [3.05, 3.63) is 23.8 Å². The largest absolute Gasteiger partial charge is 0.497 e. The highest BCUT2D eigenvalue weighted by molar-refractivity contribution is 5.80. The Kier molecular flexibility index (Phi) is 5.66. The third-order valence-electron chi connectivity index (χ3n) is 2.54. The standard InChI is InChI=1S/C13H17NO5/c1-18-10-4-3-9(11(7-10)19-2)8-14-12(15)5-6-13(16)17/h3-4,7H,5-6,8H2,1-2H3,(H,14,15)(H,16,17). The van der Waals surface area contributed by atoms with Gasteiger partial charge in [0, 0.05) is 24.6 Å². The van der Waals surface area contributed by atoms with Gasteiger partial charge in [0.2, 0.25) is 5.91 Å². The number of nitrogens with one attached hydrogen (secondary N) is 1. The number of aliphatic carboxylic acids is 1. The van der Waals surface area contributed by atoms with Crippen molar-refractivity contribution in [3.63, 3.8) is 0 Å². The lowest BCUT2D eigenvalue weighted by Crippen LogP contribution is -2.23. The van der Waals surface area contributed by atoms with Crippen LogP contribution >= 0.6 is 0 Å². The maximum atomic E-state index is 11.4. The lowest BCUT2D eigenvalue weighted by Gasteiger charge is -2.11. The molecule has 0 aromatic heterocycles. The van der Waals surface area contributed by atoms with E-state index in [-0.39, 0.29) is 25.3 Å². The van der Waals surface area contributed by atoms with E-state index in [1.54, 1.807) is 25.3 Å². The minimum Gasteiger partial charge on any atom is -0.497 e. The highest BCUT2D eigenvalue weighted by atomic mass is 16.5. The molecule has 0 bridgehead atoms. The minimum absolute atomic E-state index is 0.0339. The first-order chi connectivity index (χ1) is 9.06. The number of ether oxygens (including phenoxy) is 2. The van der Waals surface area contributed by atoms with Gasteiger partial charge in [0.15, 0.2) is 0 Å². The molecule has 0 aliphatic heterocycles. The Labute approximate surface area is 111 Å². The highest BCUT2D eigenvalue weighted by Crippen LogP contribution is 2.24. The Morgan fingerprint density at radius 3 is 2.53 bits per heavy atom. The summed E-state index contributed by atoms with van der Waals surface area (Å²) in [4.78, 5) is 21.7. The van der Waals surface area contributed by atoms with Crippen LogP contribution in [0.5, 0.6) is 11.5 Å². The molecular weight excluding hydrogens is 250 g/mol. The van der Waals surface area contributed by atoms with Crippen molar-refractivity contribution >= 4 is 11.9 Å². The van der Waals surface area contributed by atoms with E-state index in [1.807, 2.05) is 0 Å². The van der Waals surface area contributed by atoms with E-state index in [0.29, 0.717) is 11.5 Å². The molecule has 0 atom stereocenters. The van der Waals surface area contributed by atoms with Gasteiger partial charge in [-0.3, -0.25) is 9.59 Å². The van der Waals surface area contributed by atoms with Gasteiger partial charge in [0.25, 0.3) is 0 Å². The summed E-state index contributed by atoms with van der Waals surface area (Å²) in [6.45, 7) is 0.283. The monoisotopic (exact) mass is 267 g/mol. The summed E-state index contributed by atoms with van der Waals surface area (Å²) in [6.07, 6.45) is -0.209. The molecule has 0 aliphatic rings. The van der Waals surface area contributed by atoms with Crippen molar-refractivity contribution in [1.82, 2.24) is 5.32 Å². The molecule has 0 radical (unpaired) electrons. The predicted octanol–water partition coefficient (Wildman–Crippen LogP) is 1.18. The van der Waals surface area contributed by atoms with E-state index in [0.717, 1.165) is 5.56 Å². The number of hydrogen-bond donors (Lipinski definition) is 2. The summed E-state index contributed by atoms with van der Waals surface area (Å²) in [5.74, 6) is -0.0202. The number of carboxylic acids is 1. The number of rotatable bonds is 7. The van der Waals surface area contributed by atoms with Crippen LogP contribution in [0.25, 0.3) is 0 Å². The molecule has 1 rings (SSSR count). The third kappa shape index (κ3) is 4.87. The molecule has 1 aromatic rings. The van der Waals surface area contributed by atoms with Gasteiger partial charge in [0.05, 0.1) is 20.6 Å². The zero-order valence-electron chi connectivity index (χ0n) is 10.9. The molecule has 104 valence electrons. The Bertz CT molecular complexity index is 458. The molecule has 0 fully saturated rings. The van der Waals surface area contributed by atoms with Gasteiger partial charge < -0.3 is 19.9 Å². The zero-order valence-corrected chi connectivity index (χ0v) is 10.9. The number of carbonyl (C=O) groups excluding carboxylic acids is 1. The van der Waals surface area contributed by atoms with Gasteiger partial charge in [-0.25, -0.2) is 0 Å². The van der Waals surface area contributed by atoms with Gasteiger partial charge in [-0.2, -0.15) is 0 Å². The van der Waals surface area contributed by atoms with Crippen LogP contribution in [-0.2, 0) is 16.1 Å². The summed E-state index contributed by atoms with van der Waals surface area (Å²) in [7, 11) is 3.09. The first-order valence-electron chi connectivity index (χ1n) is 5.76. The number of carbonyl (C=O) groups is 2. The van der Waals surface area contributed by atoms with Crippen LogP contribution in [0.4, 0.5) is 0 Å². The predicted molar refractivity (Wildman–Crippen MR) is 68.3 cm³/mol. The Hall–Kier alpha value is -2.24. The second kappa shape index (κ2) is 7.25. The molecule has 1 aromatic carbocycles. The number of amides is 1. The molecule has 6 nitrogen and oxygen atoms in total. The summed E-state index contributed by atoms with van der Waals surface area (Å²) < 4.78 is 10.3. The average Bonchev–Trinajstić information content (AvgIpc) is 2.42. The number of hydrogen-bond acceptors (Lipinski definition) is 4. The quantitative estimate of drug-likeness (QED) is 0.775. The Balaban J connectivity index is 2.57. The molecule has 2 N–H and O–H groups in total. The smallest absolute Gasteiger partial charge is 0.303 e. The van der Waals surface area contributed by atoms with Gasteiger partial charge in [-0.05, 0) is 12.1 Å². The fourth-order valence-corrected chi connectivity index (χ4v) is 1.50. The van der Waals surface area contributed by atoms with Crippen LogP contribution in [0, 0.1) is 0 Å². The van der Waals surface area contributed by atoms with E-state index in [4.69, 9.17) is 14.6 Å². The maximum Gasteiger partial charge on any atom is 0.303 e. The van der Waals surface area contributed by atoms with Gasteiger partial charge >= 0.3 is 5.97 Å². The van der Waals surface area contributed by atoms with Crippen LogP contribution in [-0.4, -0.2) is 31.2 Å². The van der Waals surface area contributed by atoms with Gasteiger partial charge in [0.1, 0.15) is 11.5 Å². The van der Waals surface area contributed by atoms with E-state index < -0.39 is 5.97 Å². The first-order valence-corrected chi connectivity index (χ1v) is 5.76. The molecule has 0 saturated heterocycles. The molecule has 1 amide bonds. The summed E-state index contributed by atoms with van der Waals surface area (Å²) in [6, 6.07) is 5.27. The first kappa shape index (κ1) is 14.8. The van der Waals surface area contributed by atoms with Crippen LogP contribution in [0.1, 0.15) is 18.4 Å². The van der Waals surface area contributed by atoms with Crippen LogP contribution in [0.2, 0.25) is 0 Å². The fraction of sp³-hybridized carbons (Fsp3) is 0.385. The molecule has 0 aliphatic carbocycles. The molecule has 6 heteroatoms. The third-order valence-corrected chi connectivity index (χ3v) is 2.54. The van der Waals surface area contributed by atoms with Crippen molar-refractivity contribution < 1.29 is 24.2 Å². The van der Waals surface area contributed by atoms with E-state index in [9.17, 15) is 9.59 Å². The Morgan fingerprint density at radius 2 is 1.95 bits per heavy atom. The van der Waals surface area contributed by atoms with Crippen LogP contribution in [0.3, 0.4) is 0 Å². The number of benzene rings is 1. The second-order valence-electron chi connectivity index (χ2n) is 3.85. The van der Waals surface area contributed by atoms with Crippen LogP contribution in [0.15, 0.2) is 18.2 Å². The Morgan fingerprint density at radius 1 is 1.21 bits per heavy atom. The molecule has 0 saturated carbocycles. The summed E-state index contributed by atoms with van der Waals surface area (Å²) >= 11 is 0. The highest BCUT2D eigenvalue weighted by Gasteiger charge is 2.08. The number of methoxy groups -OCH3 is 2. The van der Waals surface area contributed by atoms with E-state index >= 15 is 0 Å². The molecular formula is C13H17NO5. The van der Waals surface area contributed by atoms with Crippen molar-refractivity contribution in [2.24, 2.45) is 0 Å². The number of carboxylic acid groups (broad SMARTS) is 1. The lowest BCUT2D eigenvalue weighted by atomic mass is 10.2. The minimum atomic E-state index is -0.989. The van der Waals surface area contributed by atoms with E-state index in [1.165, 1.54) is 7.11 Å². The van der Waals surface area contributed by atoms with Crippen molar-refractivity contribution in [1.29, 1.82) is 0 Å². The zero-order chi connectivity index (χ0) is 14.3. The van der Waals surface area contributed by atoms with Gasteiger partial charge in [-0.1, -0.05) is 0 Å². The lowest BCUT2D eigenvalue weighted by molar-refractivity contribution is -0.138. The van der Waals surface area contributed by atoms with Gasteiger partial charge in [-0.15, -0.1) is 0 Å². The molecule has 0 heterocycles. The second-order valence-corrected chi connectivity index (χ2v) is 3.85. The maximum absolute atomic E-state index is 11.4. The van der Waals surface area contributed by atoms with E-state index in [2.05, 4.69) is 5.32 Å². The fourth-order valence-electron chi connectivity index (χ4n) is 1.50. The van der Waals surface area contributed by atoms with Crippen molar-refractivity contribution in [3.8, 4) is 11.5 Å². The SMILES string of the molecule is COc1ccc(CNC(=O)CCC(=O)O)c(OC)c1. The average molecular weight is 267 g/mol. The molecule has 0 unspecified atom stereocenters. The van der Waals surface area contributed by atoms with Crippen molar-refractivity contribution in [2.45, 2.75) is 19.4 Å². The molecule has 19 heavy (non-hydrogen) atoms. The normalized spacial score (nSPS) is 9.79. The topological polar surface area (TPSA) is 84.9 Å². The summed E-state index contributed by atoms with van der Waals surface area (Å²) in [5.41, 5.74) is 0.798.